The zero-order valence-corrected chi connectivity index (χ0v) is 10.7. The molecule has 0 aromatic heterocycles. The van der Waals surface area contributed by atoms with Crippen LogP contribution in [0.1, 0.15) is 19.8 Å². The van der Waals surface area contributed by atoms with E-state index in [-0.39, 0.29) is 5.75 Å². The molecule has 0 radical (unpaired) electrons. The summed E-state index contributed by atoms with van der Waals surface area (Å²) in [6.07, 6.45) is 1.35. The average Bonchev–Trinajstić information content (AvgIpc) is 2.51. The zero-order valence-electron chi connectivity index (χ0n) is 9.93. The maximum Gasteiger partial charge on any atom is 0.235 e. The number of benzene rings is 1. The molecule has 0 bridgehead atoms. The van der Waals surface area contributed by atoms with Crippen molar-refractivity contribution in [3.8, 4) is 5.75 Å². The standard InChI is InChI=1S/C12H17NO3S/c1-2-10-17(14,15)13-8-5-9-16-12-7-4-3-6-11(12)13/h3-4,6-7H,2,5,8-10H2,1H3. The van der Waals surface area contributed by atoms with Crippen molar-refractivity contribution in [2.45, 2.75) is 19.8 Å². The number of ether oxygens (including phenoxy) is 1. The van der Waals surface area contributed by atoms with E-state index in [2.05, 4.69) is 0 Å². The Kier molecular flexibility index (Phi) is 3.57. The molecule has 4 nitrogen and oxygen atoms in total. The summed E-state index contributed by atoms with van der Waals surface area (Å²) in [7, 11) is -3.22. The van der Waals surface area contributed by atoms with Crippen LogP contribution in [0.4, 0.5) is 5.69 Å². The number of hydrogen-bond donors (Lipinski definition) is 0. The molecule has 1 aromatic rings. The van der Waals surface area contributed by atoms with Crippen LogP contribution in [-0.4, -0.2) is 27.3 Å². The Balaban J connectivity index is 2.41. The van der Waals surface area contributed by atoms with Crippen molar-refractivity contribution in [3.05, 3.63) is 24.3 Å². The van der Waals surface area contributed by atoms with E-state index in [0.29, 0.717) is 31.0 Å². The first kappa shape index (κ1) is 12.2. The summed E-state index contributed by atoms with van der Waals surface area (Å²) in [5.41, 5.74) is 0.665. The molecule has 0 N–H and O–H groups in total. The molecular formula is C12H17NO3S. The van der Waals surface area contributed by atoms with Gasteiger partial charge in [-0.15, -0.1) is 0 Å². The number of nitrogens with zero attached hydrogens (tertiary/aromatic N) is 1. The highest BCUT2D eigenvalue weighted by atomic mass is 32.2. The van der Waals surface area contributed by atoms with Crippen LogP contribution in [0.3, 0.4) is 0 Å². The van der Waals surface area contributed by atoms with Crippen LogP contribution in [0.2, 0.25) is 0 Å². The number of rotatable bonds is 3. The molecular weight excluding hydrogens is 238 g/mol. The predicted octanol–water partition coefficient (Wildman–Crippen LogP) is 2.02. The molecule has 5 heteroatoms. The number of fused-ring (bicyclic) bond motifs is 1. The van der Waals surface area contributed by atoms with Crippen LogP contribution >= 0.6 is 0 Å². The van der Waals surface area contributed by atoms with Gasteiger partial charge in [-0.1, -0.05) is 19.1 Å². The highest BCUT2D eigenvalue weighted by molar-refractivity contribution is 7.92. The first-order valence-corrected chi connectivity index (χ1v) is 7.48. The molecule has 0 fully saturated rings. The summed E-state index contributed by atoms with van der Waals surface area (Å²) >= 11 is 0. The fourth-order valence-corrected chi connectivity index (χ4v) is 3.55. The Hall–Kier alpha value is -1.23. The van der Waals surface area contributed by atoms with Crippen molar-refractivity contribution >= 4 is 15.7 Å². The van der Waals surface area contributed by atoms with Gasteiger partial charge in [-0.3, -0.25) is 4.31 Å². The molecule has 94 valence electrons. The van der Waals surface area contributed by atoms with E-state index >= 15 is 0 Å². The van der Waals surface area contributed by atoms with Gasteiger partial charge < -0.3 is 4.74 Å². The Morgan fingerprint density at radius 2 is 2.12 bits per heavy atom. The van der Waals surface area contributed by atoms with Gasteiger partial charge >= 0.3 is 0 Å². The maximum absolute atomic E-state index is 12.2. The number of para-hydroxylation sites is 2. The third-order valence-corrected chi connectivity index (χ3v) is 4.67. The van der Waals surface area contributed by atoms with Crippen LogP contribution in [-0.2, 0) is 10.0 Å². The minimum absolute atomic E-state index is 0.182. The van der Waals surface area contributed by atoms with Crippen LogP contribution in [0.5, 0.6) is 5.75 Å². The van der Waals surface area contributed by atoms with Crippen LogP contribution in [0.15, 0.2) is 24.3 Å². The van der Waals surface area contributed by atoms with E-state index in [0.717, 1.165) is 6.42 Å². The zero-order chi connectivity index (χ0) is 12.3. The molecule has 17 heavy (non-hydrogen) atoms. The van der Waals surface area contributed by atoms with Crippen molar-refractivity contribution in [2.75, 3.05) is 23.2 Å². The first-order chi connectivity index (χ1) is 8.15. The van der Waals surface area contributed by atoms with Crippen molar-refractivity contribution < 1.29 is 13.2 Å². The van der Waals surface area contributed by atoms with Gasteiger partial charge in [-0.25, -0.2) is 8.42 Å². The summed E-state index contributed by atoms with van der Waals surface area (Å²) in [4.78, 5) is 0. The second-order valence-electron chi connectivity index (χ2n) is 4.06. The van der Waals surface area contributed by atoms with Crippen molar-refractivity contribution in [2.24, 2.45) is 0 Å². The lowest BCUT2D eigenvalue weighted by molar-refractivity contribution is 0.322. The van der Waals surface area contributed by atoms with E-state index in [1.54, 1.807) is 6.07 Å². The summed E-state index contributed by atoms with van der Waals surface area (Å²) in [5, 5.41) is 0. The van der Waals surface area contributed by atoms with Gasteiger partial charge in [-0.05, 0) is 18.6 Å². The monoisotopic (exact) mass is 255 g/mol. The summed E-state index contributed by atoms with van der Waals surface area (Å²) in [5.74, 6) is 0.839. The molecule has 1 heterocycles. The SMILES string of the molecule is CCCS(=O)(=O)N1CCCOc2ccccc21. The predicted molar refractivity (Wildman–Crippen MR) is 68.0 cm³/mol. The quantitative estimate of drug-likeness (QED) is 0.830. The van der Waals surface area contributed by atoms with Crippen LogP contribution < -0.4 is 9.04 Å². The van der Waals surface area contributed by atoms with Gasteiger partial charge in [0.2, 0.25) is 10.0 Å². The topological polar surface area (TPSA) is 46.6 Å². The lowest BCUT2D eigenvalue weighted by Crippen LogP contribution is -2.33. The van der Waals surface area contributed by atoms with Crippen molar-refractivity contribution in [1.29, 1.82) is 0 Å². The molecule has 1 aromatic carbocycles. The van der Waals surface area contributed by atoms with Gasteiger partial charge in [-0.2, -0.15) is 0 Å². The van der Waals surface area contributed by atoms with Gasteiger partial charge in [0.05, 0.1) is 18.0 Å². The van der Waals surface area contributed by atoms with E-state index in [4.69, 9.17) is 4.74 Å². The summed E-state index contributed by atoms with van der Waals surface area (Å²) in [6, 6.07) is 7.31. The molecule has 0 aliphatic carbocycles. The highest BCUT2D eigenvalue weighted by Gasteiger charge is 2.25. The van der Waals surface area contributed by atoms with Gasteiger partial charge in [0.15, 0.2) is 0 Å². The fourth-order valence-electron chi connectivity index (χ4n) is 1.95. The fraction of sp³-hybridized carbons (Fsp3) is 0.500. The second-order valence-corrected chi connectivity index (χ2v) is 6.07. The Morgan fingerprint density at radius 3 is 2.88 bits per heavy atom. The summed E-state index contributed by atoms with van der Waals surface area (Å²) < 4.78 is 31.4. The molecule has 0 atom stereocenters. The lowest BCUT2D eigenvalue weighted by Gasteiger charge is -2.23. The van der Waals surface area contributed by atoms with Crippen LogP contribution in [0, 0.1) is 0 Å². The van der Waals surface area contributed by atoms with Crippen molar-refractivity contribution in [1.82, 2.24) is 0 Å². The minimum atomic E-state index is -3.22. The van der Waals surface area contributed by atoms with E-state index in [1.165, 1.54) is 4.31 Å². The Bertz CT molecular complexity index is 484. The van der Waals surface area contributed by atoms with E-state index in [1.807, 2.05) is 25.1 Å². The number of anilines is 1. The molecule has 1 aliphatic rings. The Labute approximate surface area is 102 Å². The van der Waals surface area contributed by atoms with E-state index < -0.39 is 10.0 Å². The summed E-state index contributed by atoms with van der Waals surface area (Å²) in [6.45, 7) is 2.94. The molecule has 0 unspecified atom stereocenters. The third-order valence-electron chi connectivity index (χ3n) is 2.69. The smallest absolute Gasteiger partial charge is 0.235 e. The maximum atomic E-state index is 12.2. The molecule has 0 saturated carbocycles. The van der Waals surface area contributed by atoms with Gasteiger partial charge in [0.25, 0.3) is 0 Å². The normalized spacial score (nSPS) is 15.9. The second kappa shape index (κ2) is 4.96. The molecule has 0 spiro atoms. The van der Waals surface area contributed by atoms with Crippen molar-refractivity contribution in [3.63, 3.8) is 0 Å². The van der Waals surface area contributed by atoms with E-state index in [9.17, 15) is 8.42 Å². The first-order valence-electron chi connectivity index (χ1n) is 5.87. The molecule has 0 saturated heterocycles. The van der Waals surface area contributed by atoms with Gasteiger partial charge in [0.1, 0.15) is 5.75 Å². The third kappa shape index (κ3) is 2.54. The van der Waals surface area contributed by atoms with Crippen LogP contribution in [0.25, 0.3) is 0 Å². The number of sulfonamides is 1. The largest absolute Gasteiger partial charge is 0.491 e. The molecule has 1 aliphatic heterocycles. The van der Waals surface area contributed by atoms with Gasteiger partial charge in [0, 0.05) is 13.0 Å². The molecule has 0 amide bonds. The highest BCUT2D eigenvalue weighted by Crippen LogP contribution is 2.32. The lowest BCUT2D eigenvalue weighted by atomic mass is 10.3. The average molecular weight is 255 g/mol. The molecule has 2 rings (SSSR count). The minimum Gasteiger partial charge on any atom is -0.491 e. The number of hydrogen-bond acceptors (Lipinski definition) is 3. The Morgan fingerprint density at radius 1 is 1.35 bits per heavy atom.